The molecule has 4 heteroatoms. The molecule has 1 rings (SSSR count). The van der Waals surface area contributed by atoms with Crippen LogP contribution in [0.1, 0.15) is 18.7 Å². The molecule has 1 heterocycles. The Morgan fingerprint density at radius 3 is 3.00 bits per heavy atom. The molecular weight excluding hydrogens is 132 g/mol. The third-order valence-electron chi connectivity index (χ3n) is 1.25. The molecule has 1 aromatic rings. The number of aromatic nitrogens is 1. The molecule has 0 fully saturated rings. The van der Waals surface area contributed by atoms with Crippen molar-refractivity contribution in [2.45, 2.75) is 12.8 Å². The zero-order valence-corrected chi connectivity index (χ0v) is 5.57. The van der Waals surface area contributed by atoms with Crippen LogP contribution >= 0.6 is 0 Å². The van der Waals surface area contributed by atoms with Gasteiger partial charge in [-0.05, 0) is 6.92 Å². The van der Waals surface area contributed by atoms with Gasteiger partial charge in [0.15, 0.2) is 0 Å². The second-order valence-electron chi connectivity index (χ2n) is 1.99. The molecule has 0 saturated carbocycles. The summed E-state index contributed by atoms with van der Waals surface area (Å²) in [6.07, 6.45) is 2.89. The molecule has 4 nitrogen and oxygen atoms in total. The minimum absolute atomic E-state index is 0.368. The Morgan fingerprint density at radius 1 is 1.90 bits per heavy atom. The highest BCUT2D eigenvalue weighted by Gasteiger charge is 2.14. The number of amides is 1. The number of nitrogens with zero attached hydrogens (tertiary/aromatic N) is 1. The Kier molecular flexibility index (Phi) is 1.71. The molecule has 0 spiro atoms. The largest absolute Gasteiger partial charge is 0.448 e. The molecule has 1 atom stereocenters. The Morgan fingerprint density at radius 2 is 2.60 bits per heavy atom. The molecule has 10 heavy (non-hydrogen) atoms. The Hall–Kier alpha value is -1.32. The van der Waals surface area contributed by atoms with E-state index in [1.54, 1.807) is 6.92 Å². The SMILES string of the molecule is CC(C(N)=O)c1ncco1. The molecule has 0 saturated heterocycles. The highest BCUT2D eigenvalue weighted by molar-refractivity contribution is 5.80. The molecule has 54 valence electrons. The smallest absolute Gasteiger partial charge is 0.229 e. The number of oxazole rings is 1. The maximum atomic E-state index is 10.5. The van der Waals surface area contributed by atoms with Gasteiger partial charge in [0.1, 0.15) is 12.2 Å². The van der Waals surface area contributed by atoms with Gasteiger partial charge in [-0.2, -0.15) is 0 Å². The summed E-state index contributed by atoms with van der Waals surface area (Å²) < 4.78 is 4.84. The van der Waals surface area contributed by atoms with Crippen LogP contribution in [-0.4, -0.2) is 10.9 Å². The number of carbonyl (C=O) groups is 1. The summed E-state index contributed by atoms with van der Waals surface area (Å²) in [5, 5.41) is 0. The zero-order valence-electron chi connectivity index (χ0n) is 5.57. The molecular formula is C6H8N2O2. The van der Waals surface area contributed by atoms with Crippen molar-refractivity contribution in [3.05, 3.63) is 18.4 Å². The third-order valence-corrected chi connectivity index (χ3v) is 1.25. The van der Waals surface area contributed by atoms with Crippen molar-refractivity contribution in [1.82, 2.24) is 4.98 Å². The van der Waals surface area contributed by atoms with Gasteiger partial charge in [-0.15, -0.1) is 0 Å². The Bertz CT molecular complexity index is 218. The summed E-state index contributed by atoms with van der Waals surface area (Å²) >= 11 is 0. The number of hydrogen-bond donors (Lipinski definition) is 1. The first kappa shape index (κ1) is 6.80. The monoisotopic (exact) mass is 140 g/mol. The van der Waals surface area contributed by atoms with E-state index in [0.29, 0.717) is 5.89 Å². The van der Waals surface area contributed by atoms with Crippen LogP contribution < -0.4 is 5.73 Å². The Labute approximate surface area is 58.0 Å². The lowest BCUT2D eigenvalue weighted by atomic mass is 10.2. The fourth-order valence-electron chi connectivity index (χ4n) is 0.570. The maximum absolute atomic E-state index is 10.5. The number of nitrogens with two attached hydrogens (primary N) is 1. The van der Waals surface area contributed by atoms with Gasteiger partial charge in [0.25, 0.3) is 0 Å². The normalized spacial score (nSPS) is 12.9. The summed E-state index contributed by atoms with van der Waals surface area (Å²) in [5.74, 6) is -0.495. The average molecular weight is 140 g/mol. The van der Waals surface area contributed by atoms with E-state index < -0.39 is 11.8 Å². The highest BCUT2D eigenvalue weighted by Crippen LogP contribution is 2.10. The van der Waals surface area contributed by atoms with E-state index in [9.17, 15) is 4.79 Å². The van der Waals surface area contributed by atoms with E-state index in [1.165, 1.54) is 12.5 Å². The molecule has 0 aliphatic heterocycles. The fraction of sp³-hybridized carbons (Fsp3) is 0.333. The lowest BCUT2D eigenvalue weighted by Crippen LogP contribution is -2.18. The third kappa shape index (κ3) is 1.15. The number of hydrogen-bond acceptors (Lipinski definition) is 3. The van der Waals surface area contributed by atoms with Gasteiger partial charge >= 0.3 is 0 Å². The summed E-state index contributed by atoms with van der Waals surface area (Å²) in [5.41, 5.74) is 4.99. The standard InChI is InChI=1S/C6H8N2O2/c1-4(5(7)9)6-8-2-3-10-6/h2-4H,1H3,(H2,7,9). The number of primary amides is 1. The van der Waals surface area contributed by atoms with Gasteiger partial charge in [-0.25, -0.2) is 4.98 Å². The van der Waals surface area contributed by atoms with E-state index in [-0.39, 0.29) is 0 Å². The number of carbonyl (C=O) groups excluding carboxylic acids is 1. The van der Waals surface area contributed by atoms with Gasteiger partial charge in [0.2, 0.25) is 11.8 Å². The summed E-state index contributed by atoms with van der Waals surface area (Å²) in [6.45, 7) is 1.65. The fourth-order valence-corrected chi connectivity index (χ4v) is 0.570. The topological polar surface area (TPSA) is 69.1 Å². The Balaban J connectivity index is 2.77. The van der Waals surface area contributed by atoms with Crippen LogP contribution in [0, 0.1) is 0 Å². The van der Waals surface area contributed by atoms with E-state index in [4.69, 9.17) is 10.2 Å². The lowest BCUT2D eigenvalue weighted by molar-refractivity contribution is -0.119. The molecule has 0 aromatic carbocycles. The average Bonchev–Trinajstić information content (AvgIpc) is 2.36. The minimum Gasteiger partial charge on any atom is -0.448 e. The molecule has 1 aromatic heterocycles. The molecule has 0 aliphatic rings. The van der Waals surface area contributed by atoms with Crippen LogP contribution in [0.2, 0.25) is 0 Å². The van der Waals surface area contributed by atoms with Crippen LogP contribution in [0.25, 0.3) is 0 Å². The van der Waals surface area contributed by atoms with Crippen LogP contribution in [0.3, 0.4) is 0 Å². The van der Waals surface area contributed by atoms with E-state index >= 15 is 0 Å². The second-order valence-corrected chi connectivity index (χ2v) is 1.99. The van der Waals surface area contributed by atoms with Crippen molar-refractivity contribution in [3.8, 4) is 0 Å². The predicted octanol–water partition coefficient (Wildman–Crippen LogP) is 0.263. The highest BCUT2D eigenvalue weighted by atomic mass is 16.3. The summed E-state index contributed by atoms with van der Waals surface area (Å²) in [6, 6.07) is 0. The van der Waals surface area contributed by atoms with E-state index in [1.807, 2.05) is 0 Å². The molecule has 1 unspecified atom stereocenters. The first-order chi connectivity index (χ1) is 4.72. The second kappa shape index (κ2) is 2.51. The molecule has 0 bridgehead atoms. The van der Waals surface area contributed by atoms with Crippen LogP contribution in [-0.2, 0) is 4.79 Å². The van der Waals surface area contributed by atoms with E-state index in [2.05, 4.69) is 4.98 Å². The van der Waals surface area contributed by atoms with Crippen molar-refractivity contribution in [1.29, 1.82) is 0 Å². The van der Waals surface area contributed by atoms with Crippen molar-refractivity contribution < 1.29 is 9.21 Å². The van der Waals surface area contributed by atoms with Crippen LogP contribution in [0.5, 0.6) is 0 Å². The maximum Gasteiger partial charge on any atom is 0.229 e. The first-order valence-corrected chi connectivity index (χ1v) is 2.90. The van der Waals surface area contributed by atoms with Gasteiger partial charge < -0.3 is 10.2 Å². The van der Waals surface area contributed by atoms with Crippen molar-refractivity contribution in [3.63, 3.8) is 0 Å². The van der Waals surface area contributed by atoms with Crippen LogP contribution in [0.4, 0.5) is 0 Å². The van der Waals surface area contributed by atoms with Gasteiger partial charge in [0, 0.05) is 0 Å². The van der Waals surface area contributed by atoms with Gasteiger partial charge in [-0.1, -0.05) is 0 Å². The molecule has 2 N–H and O–H groups in total. The summed E-state index contributed by atoms with van der Waals surface area (Å²) in [4.78, 5) is 14.3. The molecule has 0 radical (unpaired) electrons. The quantitative estimate of drug-likeness (QED) is 0.640. The lowest BCUT2D eigenvalue weighted by Gasteiger charge is -1.98. The predicted molar refractivity (Wildman–Crippen MR) is 34.1 cm³/mol. The van der Waals surface area contributed by atoms with Crippen molar-refractivity contribution in [2.75, 3.05) is 0 Å². The zero-order chi connectivity index (χ0) is 7.56. The first-order valence-electron chi connectivity index (χ1n) is 2.90. The molecule has 1 amide bonds. The summed E-state index contributed by atoms with van der Waals surface area (Å²) in [7, 11) is 0. The van der Waals surface area contributed by atoms with Gasteiger partial charge in [-0.3, -0.25) is 4.79 Å². The van der Waals surface area contributed by atoms with E-state index in [0.717, 1.165) is 0 Å². The number of rotatable bonds is 2. The van der Waals surface area contributed by atoms with Gasteiger partial charge in [0.05, 0.1) is 6.20 Å². The minimum atomic E-state index is -0.435. The molecule has 0 aliphatic carbocycles. The van der Waals surface area contributed by atoms with Crippen molar-refractivity contribution >= 4 is 5.91 Å². The van der Waals surface area contributed by atoms with Crippen LogP contribution in [0.15, 0.2) is 16.9 Å². The van der Waals surface area contributed by atoms with Crippen molar-refractivity contribution in [2.24, 2.45) is 5.73 Å².